The molecule has 3 heterocycles. The van der Waals surface area contributed by atoms with Gasteiger partial charge in [-0.05, 0) is 19.4 Å². The van der Waals surface area contributed by atoms with Crippen LogP contribution in [0.1, 0.15) is 24.2 Å². The zero-order valence-electron chi connectivity index (χ0n) is 10.8. The molecule has 2 fully saturated rings. The first-order chi connectivity index (χ1) is 9.17. The van der Waals surface area contributed by atoms with E-state index in [2.05, 4.69) is 20.9 Å². The number of piperazine rings is 1. The Kier molecular flexibility index (Phi) is 2.82. The van der Waals surface area contributed by atoms with Gasteiger partial charge in [-0.25, -0.2) is 9.97 Å². The highest BCUT2D eigenvalue weighted by molar-refractivity contribution is 5.79. The number of nitrogens with zero attached hydrogens (tertiary/aromatic N) is 5. The van der Waals surface area contributed by atoms with Crippen LogP contribution in [0.15, 0.2) is 6.07 Å². The predicted molar refractivity (Wildman–Crippen MR) is 68.4 cm³/mol. The number of rotatable bonds is 1. The average Bonchev–Trinajstić information content (AvgIpc) is 2.79. The van der Waals surface area contributed by atoms with Crippen molar-refractivity contribution in [2.75, 3.05) is 24.5 Å². The Morgan fingerprint density at radius 3 is 3.05 bits per heavy atom. The van der Waals surface area contributed by atoms with E-state index in [0.717, 1.165) is 31.7 Å². The van der Waals surface area contributed by atoms with Crippen molar-refractivity contribution in [1.29, 1.82) is 5.26 Å². The van der Waals surface area contributed by atoms with Crippen molar-refractivity contribution in [1.82, 2.24) is 14.9 Å². The number of aromatic nitrogens is 2. The molecule has 3 rings (SSSR count). The average molecular weight is 257 g/mol. The summed E-state index contributed by atoms with van der Waals surface area (Å²) >= 11 is 0. The molecule has 0 N–H and O–H groups in total. The molecule has 2 aliphatic heterocycles. The Labute approximate surface area is 111 Å². The molecule has 1 unspecified atom stereocenters. The molecule has 98 valence electrons. The molecule has 0 aliphatic carbocycles. The zero-order valence-corrected chi connectivity index (χ0v) is 10.8. The van der Waals surface area contributed by atoms with E-state index >= 15 is 0 Å². The van der Waals surface area contributed by atoms with Gasteiger partial charge in [0.1, 0.15) is 11.8 Å². The SMILES string of the molecule is Cc1cc(C#N)nc(N2CCN3C(=O)CCC3C2)n1. The van der Waals surface area contributed by atoms with Crippen LogP contribution in [0.25, 0.3) is 0 Å². The summed E-state index contributed by atoms with van der Waals surface area (Å²) in [6.07, 6.45) is 1.56. The maximum absolute atomic E-state index is 11.6. The monoisotopic (exact) mass is 257 g/mol. The van der Waals surface area contributed by atoms with Crippen LogP contribution in [0, 0.1) is 18.3 Å². The van der Waals surface area contributed by atoms with E-state index in [-0.39, 0.29) is 11.9 Å². The van der Waals surface area contributed by atoms with Gasteiger partial charge in [0.2, 0.25) is 11.9 Å². The summed E-state index contributed by atoms with van der Waals surface area (Å²) in [5.74, 6) is 0.864. The second-order valence-electron chi connectivity index (χ2n) is 5.03. The number of fused-ring (bicyclic) bond motifs is 1. The molecule has 6 heteroatoms. The lowest BCUT2D eigenvalue weighted by Crippen LogP contribution is -2.52. The van der Waals surface area contributed by atoms with Gasteiger partial charge in [0.05, 0.1) is 0 Å². The number of hydrogen-bond acceptors (Lipinski definition) is 5. The second-order valence-corrected chi connectivity index (χ2v) is 5.03. The second kappa shape index (κ2) is 4.50. The number of hydrogen-bond donors (Lipinski definition) is 0. The maximum atomic E-state index is 11.6. The van der Waals surface area contributed by atoms with Gasteiger partial charge < -0.3 is 9.80 Å². The molecule has 1 aromatic rings. The molecule has 6 nitrogen and oxygen atoms in total. The molecule has 2 aliphatic rings. The highest BCUT2D eigenvalue weighted by atomic mass is 16.2. The first-order valence-electron chi connectivity index (χ1n) is 6.47. The minimum absolute atomic E-state index is 0.257. The zero-order chi connectivity index (χ0) is 13.4. The summed E-state index contributed by atoms with van der Waals surface area (Å²) < 4.78 is 0. The molecule has 1 aromatic heterocycles. The number of carbonyl (C=O) groups excluding carboxylic acids is 1. The standard InChI is InChI=1S/C13H15N5O/c1-9-6-10(7-14)16-13(15-9)17-4-5-18-11(8-17)2-3-12(18)19/h6,11H,2-5,8H2,1H3. The quantitative estimate of drug-likeness (QED) is 0.731. The van der Waals surface area contributed by atoms with Gasteiger partial charge >= 0.3 is 0 Å². The largest absolute Gasteiger partial charge is 0.337 e. The third-order valence-corrected chi connectivity index (χ3v) is 3.73. The molecule has 0 radical (unpaired) electrons. The lowest BCUT2D eigenvalue weighted by Gasteiger charge is -2.37. The van der Waals surface area contributed by atoms with Crippen LogP contribution in [0.5, 0.6) is 0 Å². The van der Waals surface area contributed by atoms with E-state index in [0.29, 0.717) is 18.1 Å². The van der Waals surface area contributed by atoms with Gasteiger partial charge in [-0.3, -0.25) is 4.79 Å². The van der Waals surface area contributed by atoms with Crippen LogP contribution in [0.3, 0.4) is 0 Å². The van der Waals surface area contributed by atoms with Crippen molar-refractivity contribution in [2.24, 2.45) is 0 Å². The number of nitriles is 1. The molecule has 2 saturated heterocycles. The molecule has 19 heavy (non-hydrogen) atoms. The first kappa shape index (κ1) is 11.9. The molecule has 1 atom stereocenters. The van der Waals surface area contributed by atoms with Crippen molar-refractivity contribution in [3.63, 3.8) is 0 Å². The van der Waals surface area contributed by atoms with Crippen LogP contribution in [0.4, 0.5) is 5.95 Å². The van der Waals surface area contributed by atoms with Gasteiger partial charge in [-0.15, -0.1) is 0 Å². The van der Waals surface area contributed by atoms with E-state index < -0.39 is 0 Å². The van der Waals surface area contributed by atoms with E-state index in [1.807, 2.05) is 11.8 Å². The predicted octanol–water partition coefficient (Wildman–Crippen LogP) is 0.468. The van der Waals surface area contributed by atoms with Gasteiger partial charge in [0.25, 0.3) is 0 Å². The maximum Gasteiger partial charge on any atom is 0.226 e. The van der Waals surface area contributed by atoms with E-state index in [9.17, 15) is 4.79 Å². The van der Waals surface area contributed by atoms with Crippen LogP contribution in [-0.2, 0) is 4.79 Å². The van der Waals surface area contributed by atoms with Gasteiger partial charge in [0.15, 0.2) is 0 Å². The number of amides is 1. The number of anilines is 1. The Bertz CT molecular complexity index is 565. The fourth-order valence-electron chi connectivity index (χ4n) is 2.80. The van der Waals surface area contributed by atoms with Gasteiger partial charge in [-0.1, -0.05) is 0 Å². The number of aryl methyl sites for hydroxylation is 1. The Hall–Kier alpha value is -2.16. The first-order valence-corrected chi connectivity index (χ1v) is 6.47. The molecule has 0 saturated carbocycles. The Balaban J connectivity index is 1.83. The van der Waals surface area contributed by atoms with Crippen molar-refractivity contribution in [3.05, 3.63) is 17.5 Å². The fourth-order valence-corrected chi connectivity index (χ4v) is 2.80. The summed E-state index contributed by atoms with van der Waals surface area (Å²) in [6, 6.07) is 4.01. The molecular weight excluding hydrogens is 242 g/mol. The van der Waals surface area contributed by atoms with Crippen LogP contribution < -0.4 is 4.90 Å². The summed E-state index contributed by atoms with van der Waals surface area (Å²) in [4.78, 5) is 24.3. The summed E-state index contributed by atoms with van der Waals surface area (Å²) in [6.45, 7) is 4.08. The van der Waals surface area contributed by atoms with Gasteiger partial charge in [0, 0.05) is 37.8 Å². The Morgan fingerprint density at radius 2 is 2.26 bits per heavy atom. The minimum Gasteiger partial charge on any atom is -0.337 e. The van der Waals surface area contributed by atoms with Crippen LogP contribution in [-0.4, -0.2) is 46.5 Å². The smallest absolute Gasteiger partial charge is 0.226 e. The van der Waals surface area contributed by atoms with E-state index in [4.69, 9.17) is 5.26 Å². The van der Waals surface area contributed by atoms with Crippen LogP contribution in [0.2, 0.25) is 0 Å². The van der Waals surface area contributed by atoms with Crippen molar-refractivity contribution >= 4 is 11.9 Å². The number of carbonyl (C=O) groups is 1. The normalized spacial score (nSPS) is 22.3. The minimum atomic E-state index is 0.257. The summed E-state index contributed by atoms with van der Waals surface area (Å²) in [7, 11) is 0. The molecule has 1 amide bonds. The Morgan fingerprint density at radius 1 is 1.42 bits per heavy atom. The molecule has 0 spiro atoms. The summed E-state index contributed by atoms with van der Waals surface area (Å²) in [5, 5.41) is 8.96. The van der Waals surface area contributed by atoms with Crippen molar-refractivity contribution < 1.29 is 4.79 Å². The third-order valence-electron chi connectivity index (χ3n) is 3.73. The van der Waals surface area contributed by atoms with Crippen molar-refractivity contribution in [2.45, 2.75) is 25.8 Å². The lowest BCUT2D eigenvalue weighted by atomic mass is 10.1. The molecule has 0 aromatic carbocycles. The highest BCUT2D eigenvalue weighted by Gasteiger charge is 2.36. The van der Waals surface area contributed by atoms with Crippen molar-refractivity contribution in [3.8, 4) is 6.07 Å². The lowest BCUT2D eigenvalue weighted by molar-refractivity contribution is -0.129. The van der Waals surface area contributed by atoms with E-state index in [1.54, 1.807) is 6.07 Å². The molecular formula is C13H15N5O. The van der Waals surface area contributed by atoms with Crippen LogP contribution >= 0.6 is 0 Å². The topological polar surface area (TPSA) is 73.1 Å². The van der Waals surface area contributed by atoms with Gasteiger partial charge in [-0.2, -0.15) is 5.26 Å². The third kappa shape index (κ3) is 2.12. The van der Waals surface area contributed by atoms with E-state index in [1.165, 1.54) is 0 Å². The fraction of sp³-hybridized carbons (Fsp3) is 0.538. The highest BCUT2D eigenvalue weighted by Crippen LogP contribution is 2.24. The summed E-state index contributed by atoms with van der Waals surface area (Å²) in [5.41, 5.74) is 1.19. The molecule has 0 bridgehead atoms.